The molecule has 1 unspecified atom stereocenters. The van der Waals surface area contributed by atoms with Crippen molar-refractivity contribution in [1.82, 2.24) is 19.7 Å². The lowest BCUT2D eigenvalue weighted by Gasteiger charge is -2.37. The fourth-order valence-corrected chi connectivity index (χ4v) is 8.10. The van der Waals surface area contributed by atoms with Gasteiger partial charge in [0.25, 0.3) is 0 Å². The van der Waals surface area contributed by atoms with Crippen LogP contribution in [0.5, 0.6) is 11.5 Å². The van der Waals surface area contributed by atoms with Crippen LogP contribution >= 0.6 is 12.6 Å². The van der Waals surface area contributed by atoms with Crippen LogP contribution in [0.4, 0.5) is 36.3 Å². The Morgan fingerprint density at radius 1 is 0.948 bits per heavy atom. The summed E-state index contributed by atoms with van der Waals surface area (Å²) in [5.41, 5.74) is 2.06. The molecule has 14 nitrogen and oxygen atoms in total. The Balaban J connectivity index is 0.847. The highest BCUT2D eigenvalue weighted by Crippen LogP contribution is 2.40. The average molecular weight is 812 g/mol. The number of phenols is 1. The minimum atomic E-state index is -1.25. The Morgan fingerprint density at radius 2 is 1.62 bits per heavy atom. The number of hydrogen-bond acceptors (Lipinski definition) is 12. The number of rotatable bonds is 12. The van der Waals surface area contributed by atoms with Crippen LogP contribution in [0.1, 0.15) is 19.4 Å². The summed E-state index contributed by atoms with van der Waals surface area (Å²) in [6, 6.07) is 25.4. The topological polar surface area (TPSA) is 133 Å². The number of azo groups is 1. The number of ether oxygens (including phenoxy) is 3. The number of carbonyl (C=O) groups excluding carboxylic acids is 1. The van der Waals surface area contributed by atoms with E-state index in [2.05, 4.69) is 30.1 Å². The Kier molecular flexibility index (Phi) is 10.9. The summed E-state index contributed by atoms with van der Waals surface area (Å²) >= 11 is 4.83. The Morgan fingerprint density at radius 3 is 2.26 bits per heavy atom. The van der Waals surface area contributed by atoms with Gasteiger partial charge < -0.3 is 29.1 Å². The number of urea groups is 1. The number of carbonyl (C=O) groups is 1. The van der Waals surface area contributed by atoms with E-state index in [1.165, 1.54) is 35.5 Å². The zero-order valence-electron chi connectivity index (χ0n) is 31.9. The van der Waals surface area contributed by atoms with Crippen molar-refractivity contribution in [3.63, 3.8) is 0 Å². The number of amides is 2. The first-order chi connectivity index (χ1) is 28.0. The lowest BCUT2D eigenvalue weighted by molar-refractivity contribution is -0.117. The van der Waals surface area contributed by atoms with Crippen molar-refractivity contribution in [2.24, 2.45) is 10.2 Å². The van der Waals surface area contributed by atoms with Gasteiger partial charge in [0, 0.05) is 60.9 Å². The summed E-state index contributed by atoms with van der Waals surface area (Å²) in [6.45, 7) is 7.39. The van der Waals surface area contributed by atoms with Gasteiger partial charge >= 0.3 is 6.03 Å². The van der Waals surface area contributed by atoms with Gasteiger partial charge in [0.2, 0.25) is 4.99 Å². The molecule has 4 aromatic carbocycles. The third kappa shape index (κ3) is 8.01. The maximum atomic E-state index is 15.0. The monoisotopic (exact) mass is 811 g/mol. The maximum absolute atomic E-state index is 15.0. The van der Waals surface area contributed by atoms with E-state index >= 15 is 0 Å². The smallest absolute Gasteiger partial charge is 0.327 e. The molecule has 302 valence electrons. The molecule has 0 saturated carbocycles. The molecule has 3 atom stereocenters. The third-order valence-corrected chi connectivity index (χ3v) is 10.9. The summed E-state index contributed by atoms with van der Waals surface area (Å²) in [5.74, 6) is -0.796. The van der Waals surface area contributed by atoms with Crippen LogP contribution in [0.3, 0.4) is 0 Å². The molecule has 58 heavy (non-hydrogen) atoms. The van der Waals surface area contributed by atoms with Crippen LogP contribution in [0.25, 0.3) is 0 Å². The molecule has 1 N–H and O–H groups in total. The van der Waals surface area contributed by atoms with E-state index in [-0.39, 0.29) is 49.7 Å². The lowest BCUT2D eigenvalue weighted by atomic mass is 9.94. The number of nitrogens with zero attached hydrogens (tertiary/aromatic N) is 9. The number of para-hydroxylation sites is 1. The van der Waals surface area contributed by atoms with E-state index < -0.39 is 28.5 Å². The first kappa shape index (κ1) is 39.1. The van der Waals surface area contributed by atoms with Crippen molar-refractivity contribution < 1.29 is 32.9 Å². The number of hydrogen-bond donors (Lipinski definition) is 2. The van der Waals surface area contributed by atoms with Gasteiger partial charge in [-0.2, -0.15) is 5.10 Å². The normalized spacial score (nSPS) is 22.5. The van der Waals surface area contributed by atoms with Gasteiger partial charge in [-0.1, -0.05) is 18.2 Å². The van der Waals surface area contributed by atoms with Gasteiger partial charge in [0.05, 0.1) is 19.7 Å². The molecular formula is C41H43F2N9O5S. The quantitative estimate of drug-likeness (QED) is 0.101. The predicted octanol–water partition coefficient (Wildman–Crippen LogP) is 6.95. The molecule has 8 rings (SSSR count). The molecule has 0 aliphatic carbocycles. The van der Waals surface area contributed by atoms with E-state index in [9.17, 15) is 18.7 Å². The first-order valence-corrected chi connectivity index (χ1v) is 19.4. The minimum Gasteiger partial charge on any atom is -0.506 e. The van der Waals surface area contributed by atoms with Crippen molar-refractivity contribution in [2.45, 2.75) is 43.3 Å². The largest absolute Gasteiger partial charge is 0.506 e. The second-order valence-electron chi connectivity index (χ2n) is 14.7. The van der Waals surface area contributed by atoms with Crippen LogP contribution in [-0.4, -0.2) is 94.1 Å². The highest BCUT2D eigenvalue weighted by molar-refractivity contribution is 7.81. The van der Waals surface area contributed by atoms with Crippen molar-refractivity contribution in [3.05, 3.63) is 121 Å². The number of anilines is 3. The molecule has 1 aromatic heterocycles. The number of benzene rings is 4. The van der Waals surface area contributed by atoms with Crippen LogP contribution < -0.4 is 19.4 Å². The van der Waals surface area contributed by atoms with Gasteiger partial charge in [0.1, 0.15) is 53.7 Å². The number of thiol groups is 1. The fraction of sp³-hybridized carbons (Fsp3) is 0.341. The summed E-state index contributed by atoms with van der Waals surface area (Å²) in [7, 11) is 0. The van der Waals surface area contributed by atoms with E-state index in [1.54, 1.807) is 28.0 Å². The molecule has 17 heteroatoms. The SMILES string of the molecule is CC(C)N1C(=O)N(c2ccc(N3CCN(c4ccc(OC[C@H]5OC[C@](Cn6cncn6)(c6ccc(F)cc6F)O5)cc4)CC3)cc2)CC1(S)N=Nc1ccccc1O. The Bertz CT molecular complexity index is 2240. The van der Waals surface area contributed by atoms with Crippen LogP contribution in [0, 0.1) is 11.6 Å². The molecule has 0 bridgehead atoms. The van der Waals surface area contributed by atoms with Gasteiger partial charge in [-0.05, 0) is 80.6 Å². The molecule has 2 amide bonds. The first-order valence-electron chi connectivity index (χ1n) is 18.9. The Hall–Kier alpha value is -5.78. The minimum absolute atomic E-state index is 0.00240. The standard InChI is InChI=1S/C41H43F2N9O5S/c1-28(2)52-39(54)51(24-41(52,58)47-46-36-5-3-4-6-37(36)53)32-10-8-30(9-11-32)48-17-19-49(20-18-48)31-12-14-33(15-13-31)55-22-38-56-25-40(57-38,23-50-27-44-26-45-50)34-16-7-29(42)21-35(34)43/h3-16,21,26-28,38,53,58H,17-20,22-25H2,1-2H3/t38-,40+,41?/m0/s1. The Labute approximate surface area is 339 Å². The molecule has 5 aromatic rings. The number of aromatic hydroxyl groups is 1. The van der Waals surface area contributed by atoms with E-state index in [4.69, 9.17) is 26.8 Å². The van der Waals surface area contributed by atoms with Gasteiger partial charge in [-0.3, -0.25) is 9.80 Å². The molecule has 3 aliphatic rings. The van der Waals surface area contributed by atoms with Crippen LogP contribution in [-0.2, 0) is 21.6 Å². The van der Waals surface area contributed by atoms with Crippen molar-refractivity contribution in [2.75, 3.05) is 60.6 Å². The molecule has 3 fully saturated rings. The van der Waals surface area contributed by atoms with E-state index in [1.807, 2.05) is 62.4 Å². The second kappa shape index (κ2) is 16.2. The average Bonchev–Trinajstić information content (AvgIpc) is 3.95. The van der Waals surface area contributed by atoms with Gasteiger partial charge in [-0.25, -0.2) is 23.2 Å². The van der Waals surface area contributed by atoms with Crippen LogP contribution in [0.15, 0.2) is 114 Å². The molecule has 3 aliphatic heterocycles. The summed E-state index contributed by atoms with van der Waals surface area (Å²) in [5, 5.41) is 23.0. The summed E-state index contributed by atoms with van der Waals surface area (Å²) in [4.78, 5) is 24.3. The molecule has 3 saturated heterocycles. The molecule has 4 heterocycles. The fourth-order valence-electron chi connectivity index (χ4n) is 7.60. The van der Waals surface area contributed by atoms with Gasteiger partial charge in [-0.15, -0.1) is 22.9 Å². The summed E-state index contributed by atoms with van der Waals surface area (Å²) in [6.07, 6.45) is 2.07. The zero-order chi connectivity index (χ0) is 40.4. The zero-order valence-corrected chi connectivity index (χ0v) is 32.8. The van der Waals surface area contributed by atoms with Gasteiger partial charge in [0.15, 0.2) is 6.29 Å². The van der Waals surface area contributed by atoms with Crippen molar-refractivity contribution in [3.8, 4) is 11.5 Å². The number of halogens is 2. The number of piperazine rings is 1. The molecular weight excluding hydrogens is 769 g/mol. The van der Waals surface area contributed by atoms with Crippen molar-refractivity contribution in [1.29, 1.82) is 0 Å². The highest BCUT2D eigenvalue weighted by Gasteiger charge is 2.50. The number of phenolic OH excluding ortho intramolecular Hbond substituents is 1. The predicted molar refractivity (Wildman–Crippen MR) is 216 cm³/mol. The molecule has 0 radical (unpaired) electrons. The van der Waals surface area contributed by atoms with Crippen LogP contribution in [0.2, 0.25) is 0 Å². The second-order valence-corrected chi connectivity index (χ2v) is 15.4. The highest BCUT2D eigenvalue weighted by atomic mass is 32.1. The number of aromatic nitrogens is 3. The third-order valence-electron chi connectivity index (χ3n) is 10.5. The van der Waals surface area contributed by atoms with E-state index in [0.717, 1.165) is 49.3 Å². The molecule has 0 spiro atoms. The maximum Gasteiger partial charge on any atom is 0.327 e. The lowest BCUT2D eigenvalue weighted by Crippen LogP contribution is -2.46. The summed E-state index contributed by atoms with van der Waals surface area (Å²) < 4.78 is 48.4. The van der Waals surface area contributed by atoms with E-state index in [0.29, 0.717) is 11.4 Å². The van der Waals surface area contributed by atoms with Crippen molar-refractivity contribution >= 4 is 41.4 Å².